The highest BCUT2D eigenvalue weighted by molar-refractivity contribution is 8.00. The van der Waals surface area contributed by atoms with Gasteiger partial charge in [0.1, 0.15) is 0 Å². The molecule has 0 bridgehead atoms. The predicted molar refractivity (Wildman–Crippen MR) is 150 cm³/mol. The Bertz CT molecular complexity index is 1720. The molecule has 0 spiro atoms. The summed E-state index contributed by atoms with van der Waals surface area (Å²) in [6.45, 7) is 1.85. The van der Waals surface area contributed by atoms with E-state index >= 15 is 0 Å². The second kappa shape index (κ2) is 10.5. The highest BCUT2D eigenvalue weighted by Crippen LogP contribution is 2.32. The summed E-state index contributed by atoms with van der Waals surface area (Å²) in [6, 6.07) is 25.8. The third-order valence-electron chi connectivity index (χ3n) is 6.31. The van der Waals surface area contributed by atoms with Crippen LogP contribution in [0.1, 0.15) is 42.8 Å². The lowest BCUT2D eigenvalue weighted by Crippen LogP contribution is -2.21. The lowest BCUT2D eigenvalue weighted by molar-refractivity contribution is 0.0692. The molecule has 3 N–H and O–H groups in total. The van der Waals surface area contributed by atoms with Crippen LogP contribution in [0.25, 0.3) is 21.8 Å². The fourth-order valence-electron chi connectivity index (χ4n) is 4.46. The van der Waals surface area contributed by atoms with E-state index in [2.05, 4.69) is 5.32 Å². The van der Waals surface area contributed by atoms with Crippen molar-refractivity contribution in [2.75, 3.05) is 5.32 Å². The van der Waals surface area contributed by atoms with Crippen molar-refractivity contribution in [1.29, 1.82) is 0 Å². The number of carbonyl (C=O) groups is 4. The SMILES string of the molecule is CC(Sc1ccc(NC(=O)c2ccc(C(=O)O)cc2C(=O)O)cc1)C(=O)n1c2ccccc2c2ccccc21. The monoisotopic (exact) mass is 538 g/mol. The molecule has 5 rings (SSSR count). The number of aromatic nitrogens is 1. The Morgan fingerprint density at radius 2 is 1.33 bits per heavy atom. The van der Waals surface area contributed by atoms with Gasteiger partial charge in [-0.3, -0.25) is 14.2 Å². The third kappa shape index (κ3) is 4.99. The lowest BCUT2D eigenvalue weighted by atomic mass is 10.0. The molecule has 0 aliphatic carbocycles. The van der Waals surface area contributed by atoms with Crippen LogP contribution in [-0.4, -0.2) is 43.8 Å². The summed E-state index contributed by atoms with van der Waals surface area (Å²) in [7, 11) is 0. The van der Waals surface area contributed by atoms with E-state index in [-0.39, 0.29) is 17.0 Å². The van der Waals surface area contributed by atoms with E-state index in [1.54, 1.807) is 28.8 Å². The van der Waals surface area contributed by atoms with Crippen LogP contribution in [0.2, 0.25) is 0 Å². The number of thioether (sulfide) groups is 1. The Labute approximate surface area is 226 Å². The van der Waals surface area contributed by atoms with Gasteiger partial charge in [-0.2, -0.15) is 0 Å². The number of nitrogens with zero attached hydrogens (tertiary/aromatic N) is 1. The van der Waals surface area contributed by atoms with Gasteiger partial charge in [-0.25, -0.2) is 9.59 Å². The van der Waals surface area contributed by atoms with Crippen molar-refractivity contribution in [2.45, 2.75) is 17.1 Å². The van der Waals surface area contributed by atoms with E-state index in [0.717, 1.165) is 32.8 Å². The van der Waals surface area contributed by atoms with Crippen LogP contribution in [0, 0.1) is 0 Å². The normalized spacial score (nSPS) is 11.8. The van der Waals surface area contributed by atoms with Crippen molar-refractivity contribution in [3.63, 3.8) is 0 Å². The summed E-state index contributed by atoms with van der Waals surface area (Å²) in [6.07, 6.45) is 0. The van der Waals surface area contributed by atoms with Crippen LogP contribution in [0.15, 0.2) is 95.9 Å². The van der Waals surface area contributed by atoms with Gasteiger partial charge in [-0.1, -0.05) is 36.4 Å². The molecule has 39 heavy (non-hydrogen) atoms. The second-order valence-electron chi connectivity index (χ2n) is 8.82. The molecule has 1 heterocycles. The van der Waals surface area contributed by atoms with E-state index in [9.17, 15) is 24.3 Å². The molecule has 0 radical (unpaired) electrons. The summed E-state index contributed by atoms with van der Waals surface area (Å²) in [4.78, 5) is 49.9. The summed E-state index contributed by atoms with van der Waals surface area (Å²) < 4.78 is 1.76. The minimum atomic E-state index is -1.41. The third-order valence-corrected chi connectivity index (χ3v) is 7.41. The Morgan fingerprint density at radius 1 is 0.744 bits per heavy atom. The summed E-state index contributed by atoms with van der Waals surface area (Å²) in [5.74, 6) is -3.43. The number of nitrogens with one attached hydrogen (secondary N) is 1. The lowest BCUT2D eigenvalue weighted by Gasteiger charge is -2.14. The largest absolute Gasteiger partial charge is 0.478 e. The number of benzene rings is 4. The van der Waals surface area contributed by atoms with Crippen LogP contribution >= 0.6 is 11.8 Å². The number of carboxylic acids is 2. The number of hydrogen-bond acceptors (Lipinski definition) is 5. The maximum atomic E-state index is 13.6. The predicted octanol–water partition coefficient (Wildman–Crippen LogP) is 6.26. The van der Waals surface area contributed by atoms with Gasteiger partial charge in [0, 0.05) is 21.4 Å². The number of rotatable bonds is 7. The van der Waals surface area contributed by atoms with Crippen LogP contribution in [0.3, 0.4) is 0 Å². The molecule has 0 aliphatic rings. The molecule has 9 heteroatoms. The van der Waals surface area contributed by atoms with Crippen molar-refractivity contribution in [3.05, 3.63) is 108 Å². The van der Waals surface area contributed by atoms with Crippen LogP contribution in [0.4, 0.5) is 5.69 Å². The fourth-order valence-corrected chi connectivity index (χ4v) is 5.37. The number of fused-ring (bicyclic) bond motifs is 3. The minimum absolute atomic E-state index is 0.0548. The highest BCUT2D eigenvalue weighted by atomic mass is 32.2. The molecule has 0 saturated carbocycles. The maximum absolute atomic E-state index is 13.6. The molecule has 0 fully saturated rings. The molecule has 0 aliphatic heterocycles. The number of aromatic carboxylic acids is 2. The first-order valence-corrected chi connectivity index (χ1v) is 12.8. The molecule has 1 atom stereocenters. The van der Waals surface area contributed by atoms with Gasteiger partial charge in [-0.05, 0) is 61.5 Å². The molecular formula is C30H22N2O6S. The topological polar surface area (TPSA) is 126 Å². The van der Waals surface area contributed by atoms with Gasteiger partial charge < -0.3 is 15.5 Å². The van der Waals surface area contributed by atoms with Crippen molar-refractivity contribution in [3.8, 4) is 0 Å². The van der Waals surface area contributed by atoms with E-state index < -0.39 is 28.7 Å². The fraction of sp³-hybridized carbons (Fsp3) is 0.0667. The van der Waals surface area contributed by atoms with Crippen molar-refractivity contribution in [2.24, 2.45) is 0 Å². The molecule has 4 aromatic carbocycles. The molecule has 8 nitrogen and oxygen atoms in total. The van der Waals surface area contributed by atoms with E-state index in [0.29, 0.717) is 5.69 Å². The molecule has 1 aromatic heterocycles. The Balaban J connectivity index is 1.32. The summed E-state index contributed by atoms with van der Waals surface area (Å²) in [5, 5.41) is 22.8. The standard InChI is InChI=1S/C30H22N2O6S/c1-17(28(34)32-25-8-4-2-6-21(25)22-7-3-5-9-26(22)32)39-20-13-11-19(12-14-20)31-27(33)23-15-10-18(29(35)36)16-24(23)30(37)38/h2-17H,1H3,(H,31,33)(H,35,36)(H,37,38). The van der Waals surface area contributed by atoms with E-state index in [1.165, 1.54) is 23.9 Å². The number of carbonyl (C=O) groups excluding carboxylic acids is 2. The smallest absolute Gasteiger partial charge is 0.336 e. The molecule has 1 unspecified atom stereocenters. The summed E-state index contributed by atoms with van der Waals surface area (Å²) >= 11 is 1.39. The molecule has 194 valence electrons. The van der Waals surface area contributed by atoms with E-state index in [4.69, 9.17) is 5.11 Å². The maximum Gasteiger partial charge on any atom is 0.336 e. The quantitative estimate of drug-likeness (QED) is 0.209. The van der Waals surface area contributed by atoms with Crippen LogP contribution < -0.4 is 5.32 Å². The van der Waals surface area contributed by atoms with Crippen molar-refractivity contribution >= 4 is 63.0 Å². The van der Waals surface area contributed by atoms with Gasteiger partial charge >= 0.3 is 11.9 Å². The number of anilines is 1. The number of para-hydroxylation sites is 2. The number of hydrogen-bond donors (Lipinski definition) is 3. The van der Waals surface area contributed by atoms with Crippen LogP contribution in [-0.2, 0) is 0 Å². The molecule has 0 saturated heterocycles. The van der Waals surface area contributed by atoms with Gasteiger partial charge in [0.25, 0.3) is 5.91 Å². The van der Waals surface area contributed by atoms with Gasteiger partial charge in [0.2, 0.25) is 5.91 Å². The van der Waals surface area contributed by atoms with Gasteiger partial charge in [0.15, 0.2) is 0 Å². The van der Waals surface area contributed by atoms with Crippen molar-refractivity contribution < 1.29 is 29.4 Å². The van der Waals surface area contributed by atoms with Gasteiger partial charge in [-0.15, -0.1) is 11.8 Å². The zero-order valence-electron chi connectivity index (χ0n) is 20.6. The molecule has 1 amide bonds. The van der Waals surface area contributed by atoms with E-state index in [1.807, 2.05) is 55.5 Å². The number of carboxylic acid groups (broad SMARTS) is 2. The first-order valence-electron chi connectivity index (χ1n) is 12.0. The summed E-state index contributed by atoms with van der Waals surface area (Å²) in [5.41, 5.74) is 1.34. The first-order chi connectivity index (χ1) is 18.7. The van der Waals surface area contributed by atoms with Crippen molar-refractivity contribution in [1.82, 2.24) is 4.57 Å². The average molecular weight is 539 g/mol. The molecular weight excluding hydrogens is 516 g/mol. The zero-order chi connectivity index (χ0) is 27.7. The van der Waals surface area contributed by atoms with Crippen LogP contribution in [0.5, 0.6) is 0 Å². The second-order valence-corrected chi connectivity index (χ2v) is 10.2. The molecule has 5 aromatic rings. The minimum Gasteiger partial charge on any atom is -0.478 e. The Hall–Kier alpha value is -4.89. The number of amides is 1. The Morgan fingerprint density at radius 3 is 1.90 bits per heavy atom. The zero-order valence-corrected chi connectivity index (χ0v) is 21.4. The Kier molecular flexibility index (Phi) is 6.91. The average Bonchev–Trinajstić information content (AvgIpc) is 3.27. The van der Waals surface area contributed by atoms with Gasteiger partial charge in [0.05, 0.1) is 33.0 Å². The first kappa shape index (κ1) is 25.7. The highest BCUT2D eigenvalue weighted by Gasteiger charge is 2.22.